The van der Waals surface area contributed by atoms with Crippen molar-refractivity contribution in [1.29, 1.82) is 0 Å². The van der Waals surface area contributed by atoms with Gasteiger partial charge in [0.2, 0.25) is 0 Å². The lowest BCUT2D eigenvalue weighted by Gasteiger charge is -2.06. The zero-order valence-corrected chi connectivity index (χ0v) is 7.17. The molecule has 1 unspecified atom stereocenters. The van der Waals surface area contributed by atoms with Gasteiger partial charge in [0, 0.05) is 19.2 Å². The molecule has 0 radical (unpaired) electrons. The van der Waals surface area contributed by atoms with Gasteiger partial charge in [-0.15, -0.1) is 0 Å². The van der Waals surface area contributed by atoms with Crippen LogP contribution in [0, 0.1) is 0 Å². The standard InChI is InChI=1S/C10H13NO/c1-11-10-4-2-3-7-5-8(12)6-9(7)10/h2-4,8,11-12H,5-6H2,1H3. The van der Waals surface area contributed by atoms with Crippen molar-refractivity contribution in [1.82, 2.24) is 0 Å². The molecule has 0 fully saturated rings. The normalized spacial score (nSPS) is 20.7. The Bertz CT molecular complexity index is 296. The maximum atomic E-state index is 9.44. The van der Waals surface area contributed by atoms with Crippen molar-refractivity contribution in [3.05, 3.63) is 29.3 Å². The van der Waals surface area contributed by atoms with Crippen LogP contribution in [0.3, 0.4) is 0 Å². The van der Waals surface area contributed by atoms with E-state index in [0.29, 0.717) is 0 Å². The van der Waals surface area contributed by atoms with E-state index in [1.165, 1.54) is 11.1 Å². The summed E-state index contributed by atoms with van der Waals surface area (Å²) in [5.74, 6) is 0. The fourth-order valence-electron chi connectivity index (χ4n) is 1.86. The Balaban J connectivity index is 2.44. The van der Waals surface area contributed by atoms with Gasteiger partial charge in [-0.3, -0.25) is 0 Å². The van der Waals surface area contributed by atoms with E-state index < -0.39 is 0 Å². The highest BCUT2D eigenvalue weighted by Gasteiger charge is 2.20. The van der Waals surface area contributed by atoms with Crippen LogP contribution in [-0.2, 0) is 12.8 Å². The van der Waals surface area contributed by atoms with Crippen LogP contribution < -0.4 is 5.32 Å². The van der Waals surface area contributed by atoms with Crippen molar-refractivity contribution in [2.24, 2.45) is 0 Å². The molecular formula is C10H13NO. The minimum absolute atomic E-state index is 0.172. The molecule has 0 spiro atoms. The van der Waals surface area contributed by atoms with Crippen molar-refractivity contribution in [3.8, 4) is 0 Å². The van der Waals surface area contributed by atoms with E-state index in [4.69, 9.17) is 0 Å². The monoisotopic (exact) mass is 163 g/mol. The summed E-state index contributed by atoms with van der Waals surface area (Å²) in [7, 11) is 1.92. The van der Waals surface area contributed by atoms with Crippen LogP contribution in [0.5, 0.6) is 0 Å². The summed E-state index contributed by atoms with van der Waals surface area (Å²) in [5, 5.41) is 12.6. The molecule has 64 valence electrons. The summed E-state index contributed by atoms with van der Waals surface area (Å²) in [6.45, 7) is 0. The van der Waals surface area contributed by atoms with E-state index in [1.807, 2.05) is 13.1 Å². The maximum absolute atomic E-state index is 9.44. The quantitative estimate of drug-likeness (QED) is 0.651. The Morgan fingerprint density at radius 1 is 1.42 bits per heavy atom. The molecule has 0 heterocycles. The summed E-state index contributed by atoms with van der Waals surface area (Å²) in [6, 6.07) is 6.17. The first-order valence-corrected chi connectivity index (χ1v) is 4.28. The summed E-state index contributed by atoms with van der Waals surface area (Å²) in [4.78, 5) is 0. The number of nitrogens with one attached hydrogen (secondary N) is 1. The molecule has 12 heavy (non-hydrogen) atoms. The van der Waals surface area contributed by atoms with Gasteiger partial charge in [0.05, 0.1) is 6.10 Å². The zero-order chi connectivity index (χ0) is 8.55. The van der Waals surface area contributed by atoms with Crippen molar-refractivity contribution in [3.63, 3.8) is 0 Å². The second-order valence-electron chi connectivity index (χ2n) is 3.26. The Morgan fingerprint density at radius 2 is 2.25 bits per heavy atom. The van der Waals surface area contributed by atoms with E-state index >= 15 is 0 Å². The Hall–Kier alpha value is -1.02. The first-order valence-electron chi connectivity index (χ1n) is 4.28. The van der Waals surface area contributed by atoms with Gasteiger partial charge in [-0.05, 0) is 23.6 Å². The third-order valence-electron chi connectivity index (χ3n) is 2.44. The molecule has 0 saturated heterocycles. The van der Waals surface area contributed by atoms with Crippen LogP contribution in [0.2, 0.25) is 0 Å². The van der Waals surface area contributed by atoms with E-state index in [9.17, 15) is 5.11 Å². The van der Waals surface area contributed by atoms with E-state index in [0.717, 1.165) is 18.5 Å². The van der Waals surface area contributed by atoms with Gasteiger partial charge in [0.15, 0.2) is 0 Å². The van der Waals surface area contributed by atoms with Crippen LogP contribution in [0.4, 0.5) is 5.69 Å². The summed E-state index contributed by atoms with van der Waals surface area (Å²) >= 11 is 0. The van der Waals surface area contributed by atoms with Crippen LogP contribution in [-0.4, -0.2) is 18.3 Å². The zero-order valence-electron chi connectivity index (χ0n) is 7.17. The Morgan fingerprint density at radius 3 is 3.00 bits per heavy atom. The smallest absolute Gasteiger partial charge is 0.0621 e. The van der Waals surface area contributed by atoms with Gasteiger partial charge in [0.25, 0.3) is 0 Å². The van der Waals surface area contributed by atoms with Crippen LogP contribution in [0.15, 0.2) is 18.2 Å². The largest absolute Gasteiger partial charge is 0.392 e. The lowest BCUT2D eigenvalue weighted by atomic mass is 10.1. The molecule has 0 bridgehead atoms. The average molecular weight is 163 g/mol. The van der Waals surface area contributed by atoms with E-state index in [1.54, 1.807) is 0 Å². The molecule has 2 rings (SSSR count). The first-order chi connectivity index (χ1) is 5.81. The second-order valence-corrected chi connectivity index (χ2v) is 3.26. The topological polar surface area (TPSA) is 32.3 Å². The predicted octanol–water partition coefficient (Wildman–Crippen LogP) is 1.19. The van der Waals surface area contributed by atoms with Gasteiger partial charge < -0.3 is 10.4 Å². The molecule has 0 saturated carbocycles. The number of fused-ring (bicyclic) bond motifs is 1. The lowest BCUT2D eigenvalue weighted by Crippen LogP contribution is -2.04. The van der Waals surface area contributed by atoms with Crippen molar-refractivity contribution in [2.45, 2.75) is 18.9 Å². The Kier molecular flexibility index (Phi) is 1.77. The SMILES string of the molecule is CNc1cccc2c1CC(O)C2. The van der Waals surface area contributed by atoms with Gasteiger partial charge in [-0.1, -0.05) is 12.1 Å². The van der Waals surface area contributed by atoms with Crippen LogP contribution in [0.1, 0.15) is 11.1 Å². The summed E-state index contributed by atoms with van der Waals surface area (Å²) < 4.78 is 0. The number of benzene rings is 1. The summed E-state index contributed by atoms with van der Waals surface area (Å²) in [5.41, 5.74) is 3.73. The van der Waals surface area contributed by atoms with E-state index in [2.05, 4.69) is 17.4 Å². The average Bonchev–Trinajstić information content (AvgIpc) is 2.44. The Labute approximate surface area is 72.2 Å². The van der Waals surface area contributed by atoms with Crippen molar-refractivity contribution >= 4 is 5.69 Å². The van der Waals surface area contributed by atoms with Crippen LogP contribution >= 0.6 is 0 Å². The molecule has 2 nitrogen and oxygen atoms in total. The lowest BCUT2D eigenvalue weighted by molar-refractivity contribution is 0.187. The number of aliphatic hydroxyl groups excluding tert-OH is 1. The third kappa shape index (κ3) is 1.08. The molecule has 1 aliphatic carbocycles. The number of anilines is 1. The fourth-order valence-corrected chi connectivity index (χ4v) is 1.86. The molecule has 1 aliphatic rings. The molecule has 2 heteroatoms. The number of hydrogen-bond acceptors (Lipinski definition) is 2. The van der Waals surface area contributed by atoms with Gasteiger partial charge in [0.1, 0.15) is 0 Å². The highest BCUT2D eigenvalue weighted by atomic mass is 16.3. The molecule has 1 aromatic rings. The molecule has 1 aromatic carbocycles. The van der Waals surface area contributed by atoms with Crippen molar-refractivity contribution in [2.75, 3.05) is 12.4 Å². The molecule has 0 aliphatic heterocycles. The van der Waals surface area contributed by atoms with Gasteiger partial charge in [-0.25, -0.2) is 0 Å². The van der Waals surface area contributed by atoms with E-state index in [-0.39, 0.29) is 6.10 Å². The molecule has 0 amide bonds. The highest BCUT2D eigenvalue weighted by Crippen LogP contribution is 2.28. The molecule has 2 N–H and O–H groups in total. The van der Waals surface area contributed by atoms with Crippen LogP contribution in [0.25, 0.3) is 0 Å². The third-order valence-corrected chi connectivity index (χ3v) is 2.44. The minimum Gasteiger partial charge on any atom is -0.392 e. The van der Waals surface area contributed by atoms with Gasteiger partial charge in [-0.2, -0.15) is 0 Å². The maximum Gasteiger partial charge on any atom is 0.0621 e. The number of rotatable bonds is 1. The highest BCUT2D eigenvalue weighted by molar-refractivity contribution is 5.56. The predicted molar refractivity (Wildman–Crippen MR) is 49.4 cm³/mol. The number of hydrogen-bond donors (Lipinski definition) is 2. The first kappa shape index (κ1) is 7.62. The van der Waals surface area contributed by atoms with Gasteiger partial charge >= 0.3 is 0 Å². The van der Waals surface area contributed by atoms with Crippen molar-refractivity contribution < 1.29 is 5.11 Å². The number of aliphatic hydroxyl groups is 1. The second kappa shape index (κ2) is 2.79. The molecule has 1 atom stereocenters. The minimum atomic E-state index is -0.172. The fraction of sp³-hybridized carbons (Fsp3) is 0.400. The molecular weight excluding hydrogens is 150 g/mol. The molecule has 0 aromatic heterocycles. The summed E-state index contributed by atoms with van der Waals surface area (Å²) in [6.07, 6.45) is 1.44.